The summed E-state index contributed by atoms with van der Waals surface area (Å²) in [6, 6.07) is 4.17. The first-order chi connectivity index (χ1) is 6.16. The minimum absolute atomic E-state index is 0.351. The van der Waals surface area contributed by atoms with Crippen LogP contribution in [0.5, 0.6) is 5.75 Å². The SMILES string of the molecule is Cc1ccc([O][SnH2][O][SnH3])c(C)c1C. The van der Waals surface area contributed by atoms with Gasteiger partial charge < -0.3 is 0 Å². The molecule has 2 nitrogen and oxygen atoms in total. The summed E-state index contributed by atoms with van der Waals surface area (Å²) in [5, 5.41) is 0. The first-order valence-corrected chi connectivity index (χ1v) is 9.98. The van der Waals surface area contributed by atoms with Crippen molar-refractivity contribution in [3.63, 3.8) is 0 Å². The van der Waals surface area contributed by atoms with Gasteiger partial charge in [0, 0.05) is 0 Å². The Hall–Kier alpha value is 0.577. The van der Waals surface area contributed by atoms with Crippen molar-refractivity contribution in [1.82, 2.24) is 0 Å². The summed E-state index contributed by atoms with van der Waals surface area (Å²) >= 11 is -0.963. The molecule has 0 unspecified atom stereocenters. The molecule has 0 N–H and O–H groups in total. The van der Waals surface area contributed by atoms with Crippen LogP contribution in [0.25, 0.3) is 0 Å². The Balaban J connectivity index is 2.90. The van der Waals surface area contributed by atoms with Crippen molar-refractivity contribution in [1.29, 1.82) is 0 Å². The molecular weight excluding hydrogens is 378 g/mol. The van der Waals surface area contributed by atoms with E-state index < -0.39 is 22.0 Å². The van der Waals surface area contributed by atoms with Gasteiger partial charge in [0.05, 0.1) is 0 Å². The topological polar surface area (TPSA) is 18.5 Å². The standard InChI is InChI=1S/C9H12O.O.2Sn.5H/c1-6-4-5-9(10)8(3)7(6)2;;;;;;;;/h4-5,10H,1-3H3;;;;;;;;/q;;;+1;;;;;/p-1. The number of benzene rings is 1. The van der Waals surface area contributed by atoms with Crippen LogP contribution in [-0.4, -0.2) is 44.9 Å². The predicted molar refractivity (Wildman–Crippen MR) is 60.8 cm³/mol. The van der Waals surface area contributed by atoms with Crippen LogP contribution in [0.15, 0.2) is 12.1 Å². The van der Waals surface area contributed by atoms with Crippen LogP contribution in [0.4, 0.5) is 0 Å². The van der Waals surface area contributed by atoms with Crippen LogP contribution in [0.3, 0.4) is 0 Å². The van der Waals surface area contributed by atoms with E-state index in [4.69, 9.17) is 4.49 Å². The zero-order valence-electron chi connectivity index (χ0n) is 8.68. The fraction of sp³-hybridized carbons (Fsp3) is 0.333. The van der Waals surface area contributed by atoms with Crippen LogP contribution < -0.4 is 3.07 Å². The molecule has 0 aliphatic rings. The van der Waals surface area contributed by atoms with Gasteiger partial charge in [0.1, 0.15) is 0 Å². The summed E-state index contributed by atoms with van der Waals surface area (Å²) in [5.74, 6) is 1.03. The first kappa shape index (κ1) is 11.7. The third-order valence-corrected chi connectivity index (χ3v) is 8.75. The molecule has 0 heterocycles. The second-order valence-corrected chi connectivity index (χ2v) is 17.4. The van der Waals surface area contributed by atoms with Crippen LogP contribution in [0, 0.1) is 20.8 Å². The molecule has 0 saturated heterocycles. The fourth-order valence-corrected chi connectivity index (χ4v) is 5.06. The van der Waals surface area contributed by atoms with E-state index in [1.165, 1.54) is 16.7 Å². The monoisotopic (exact) mass is 396 g/mol. The first-order valence-electron chi connectivity index (χ1n) is 4.35. The van der Waals surface area contributed by atoms with Gasteiger partial charge in [-0.15, -0.1) is 0 Å². The van der Waals surface area contributed by atoms with Crippen molar-refractivity contribution in [3.8, 4) is 5.75 Å². The van der Waals surface area contributed by atoms with Crippen LogP contribution in [0.2, 0.25) is 0 Å². The quantitative estimate of drug-likeness (QED) is 0.687. The summed E-state index contributed by atoms with van der Waals surface area (Å²) in [6.45, 7) is 6.38. The second kappa shape index (κ2) is 5.46. The average molecular weight is 394 g/mol. The van der Waals surface area contributed by atoms with Crippen molar-refractivity contribution in [3.05, 3.63) is 28.8 Å². The van der Waals surface area contributed by atoms with Gasteiger partial charge in [-0.3, -0.25) is 0 Å². The zero-order valence-corrected chi connectivity index (χ0v) is 18.4. The van der Waals surface area contributed by atoms with Gasteiger partial charge >= 0.3 is 105 Å². The Morgan fingerprint density at radius 2 is 1.85 bits per heavy atom. The number of aryl methyl sites for hydroxylation is 1. The Labute approximate surface area is 104 Å². The molecule has 1 rings (SSSR count). The molecule has 1 aromatic rings. The number of hydrogen-bond donors (Lipinski definition) is 0. The van der Waals surface area contributed by atoms with E-state index in [9.17, 15) is 0 Å². The van der Waals surface area contributed by atoms with Gasteiger partial charge in [0.15, 0.2) is 0 Å². The van der Waals surface area contributed by atoms with Crippen LogP contribution in [0.1, 0.15) is 16.7 Å². The average Bonchev–Trinajstić information content (AvgIpc) is 2.13. The van der Waals surface area contributed by atoms with E-state index in [1.54, 1.807) is 0 Å². The van der Waals surface area contributed by atoms with Gasteiger partial charge in [0.25, 0.3) is 0 Å². The molecule has 0 fully saturated rings. The maximum absolute atomic E-state index is 5.66. The Bertz CT molecular complexity index is 300. The van der Waals surface area contributed by atoms with Crippen molar-refractivity contribution < 1.29 is 4.49 Å². The molecule has 13 heavy (non-hydrogen) atoms. The second-order valence-electron chi connectivity index (χ2n) is 3.18. The van der Waals surface area contributed by atoms with E-state index in [1.807, 2.05) is 0 Å². The predicted octanol–water partition coefficient (Wildman–Crippen LogP) is 0.286. The molecule has 1 aromatic carbocycles. The van der Waals surface area contributed by atoms with E-state index in [2.05, 4.69) is 32.9 Å². The molecular formula is C9H16O2Sn2. The summed E-state index contributed by atoms with van der Waals surface area (Å²) in [7, 11) is 0. The normalized spacial score (nSPS) is 11.3. The van der Waals surface area contributed by atoms with Gasteiger partial charge in [-0.1, -0.05) is 0 Å². The summed E-state index contributed by atoms with van der Waals surface area (Å²) in [4.78, 5) is 0. The Morgan fingerprint density at radius 1 is 1.15 bits per heavy atom. The van der Waals surface area contributed by atoms with E-state index in [-0.39, 0.29) is 0 Å². The molecule has 0 aromatic heterocycles. The molecule has 0 bridgehead atoms. The molecule has 0 radical (unpaired) electrons. The Kier molecular flexibility index (Phi) is 4.89. The summed E-state index contributed by atoms with van der Waals surface area (Å²) in [5.41, 5.74) is 3.93. The fourth-order valence-electron chi connectivity index (χ4n) is 1.21. The molecule has 0 aliphatic carbocycles. The van der Waals surface area contributed by atoms with Crippen molar-refractivity contribution in [2.45, 2.75) is 20.8 Å². The van der Waals surface area contributed by atoms with Gasteiger partial charge in [-0.2, -0.15) is 0 Å². The van der Waals surface area contributed by atoms with Gasteiger partial charge in [-0.05, 0) is 0 Å². The van der Waals surface area contributed by atoms with Crippen molar-refractivity contribution in [2.75, 3.05) is 0 Å². The molecule has 0 aliphatic heterocycles. The van der Waals surface area contributed by atoms with E-state index in [0.29, 0.717) is 22.9 Å². The molecule has 0 amide bonds. The van der Waals surface area contributed by atoms with Crippen molar-refractivity contribution >= 4 is 44.9 Å². The van der Waals surface area contributed by atoms with E-state index >= 15 is 0 Å². The van der Waals surface area contributed by atoms with Gasteiger partial charge in [-0.25, -0.2) is 0 Å². The van der Waals surface area contributed by atoms with Crippen molar-refractivity contribution in [2.24, 2.45) is 0 Å². The summed E-state index contributed by atoms with van der Waals surface area (Å²) < 4.78 is 10.9. The number of hydrogen-bond acceptors (Lipinski definition) is 2. The summed E-state index contributed by atoms with van der Waals surface area (Å²) in [6.07, 6.45) is 0. The van der Waals surface area contributed by atoms with Gasteiger partial charge in [0.2, 0.25) is 0 Å². The van der Waals surface area contributed by atoms with Crippen LogP contribution >= 0.6 is 0 Å². The third-order valence-electron chi connectivity index (χ3n) is 2.34. The molecule has 0 spiro atoms. The van der Waals surface area contributed by atoms with E-state index in [0.717, 1.165) is 5.75 Å². The Morgan fingerprint density at radius 3 is 2.46 bits per heavy atom. The maximum atomic E-state index is 5.66. The third kappa shape index (κ3) is 3.02. The molecule has 0 saturated carbocycles. The number of rotatable bonds is 3. The molecule has 4 heteroatoms. The zero-order chi connectivity index (χ0) is 9.84. The minimum atomic E-state index is -1.31. The van der Waals surface area contributed by atoms with Crippen LogP contribution in [-0.2, 0) is 1.41 Å². The molecule has 72 valence electrons. The molecule has 0 atom stereocenters.